The lowest BCUT2D eigenvalue weighted by Gasteiger charge is -2.44. The molecule has 1 saturated carbocycles. The van der Waals surface area contributed by atoms with Crippen molar-refractivity contribution in [3.63, 3.8) is 0 Å². The number of amides is 1. The Balaban J connectivity index is 1.32. The van der Waals surface area contributed by atoms with Crippen molar-refractivity contribution in [3.05, 3.63) is 30.1 Å². The summed E-state index contributed by atoms with van der Waals surface area (Å²) in [5.74, 6) is 0.552. The Labute approximate surface area is 155 Å². The van der Waals surface area contributed by atoms with Crippen LogP contribution in [0.25, 0.3) is 0 Å². The molecule has 4 nitrogen and oxygen atoms in total. The molecule has 0 radical (unpaired) electrons. The van der Waals surface area contributed by atoms with E-state index in [0.717, 1.165) is 58.5 Å². The van der Waals surface area contributed by atoms with Crippen LogP contribution in [0.3, 0.4) is 0 Å². The Hall–Kier alpha value is -1.62. The first kappa shape index (κ1) is 17.8. The standard InChI is InChI=1S/C21H30FN3O/c22-19-9-3-4-10-20(19)24-14-12-23(13-15-24)18-8-5-11-25(16-18)21(26)17-6-1-2-7-17/h3-4,9-10,17-18H,1-2,5-8,11-16H2/t18-/m0/s1. The van der Waals surface area contributed by atoms with Crippen LogP contribution in [0.2, 0.25) is 0 Å². The molecule has 2 saturated heterocycles. The highest BCUT2D eigenvalue weighted by Gasteiger charge is 2.33. The van der Waals surface area contributed by atoms with E-state index in [1.54, 1.807) is 6.07 Å². The highest BCUT2D eigenvalue weighted by atomic mass is 19.1. The Bertz CT molecular complexity index is 623. The summed E-state index contributed by atoms with van der Waals surface area (Å²) >= 11 is 0. The molecule has 2 aliphatic heterocycles. The van der Waals surface area contributed by atoms with Gasteiger partial charge in [0.15, 0.2) is 0 Å². The van der Waals surface area contributed by atoms with Crippen LogP contribution in [0.5, 0.6) is 0 Å². The molecule has 1 aliphatic carbocycles. The van der Waals surface area contributed by atoms with E-state index < -0.39 is 0 Å². The van der Waals surface area contributed by atoms with Gasteiger partial charge in [0.2, 0.25) is 5.91 Å². The van der Waals surface area contributed by atoms with E-state index in [9.17, 15) is 9.18 Å². The van der Waals surface area contributed by atoms with Gasteiger partial charge in [0.1, 0.15) is 5.82 Å². The van der Waals surface area contributed by atoms with Crippen molar-refractivity contribution in [2.24, 2.45) is 5.92 Å². The lowest BCUT2D eigenvalue weighted by Crippen LogP contribution is -2.56. The number of benzene rings is 1. The first-order chi connectivity index (χ1) is 12.7. The van der Waals surface area contributed by atoms with Crippen molar-refractivity contribution in [1.29, 1.82) is 0 Å². The monoisotopic (exact) mass is 359 g/mol. The quantitative estimate of drug-likeness (QED) is 0.830. The maximum Gasteiger partial charge on any atom is 0.225 e. The third-order valence-corrected chi connectivity index (χ3v) is 6.44. The summed E-state index contributed by atoms with van der Waals surface area (Å²) in [4.78, 5) is 19.6. The second-order valence-electron chi connectivity index (χ2n) is 8.04. The molecule has 0 aromatic heterocycles. The van der Waals surface area contributed by atoms with Gasteiger partial charge in [-0.2, -0.15) is 0 Å². The number of piperazine rings is 1. The number of hydrogen-bond donors (Lipinski definition) is 0. The number of hydrogen-bond acceptors (Lipinski definition) is 3. The number of carbonyl (C=O) groups excluding carboxylic acids is 1. The molecule has 1 amide bonds. The summed E-state index contributed by atoms with van der Waals surface area (Å²) in [5.41, 5.74) is 0.717. The Kier molecular flexibility index (Phi) is 5.44. The largest absolute Gasteiger partial charge is 0.367 e. The number of para-hydroxylation sites is 1. The number of nitrogens with zero attached hydrogens (tertiary/aromatic N) is 3. The third-order valence-electron chi connectivity index (χ3n) is 6.44. The van der Waals surface area contributed by atoms with E-state index in [4.69, 9.17) is 0 Å². The van der Waals surface area contributed by atoms with E-state index >= 15 is 0 Å². The second-order valence-corrected chi connectivity index (χ2v) is 8.04. The Morgan fingerprint density at radius 2 is 1.65 bits per heavy atom. The molecular formula is C21H30FN3O. The van der Waals surface area contributed by atoms with Crippen LogP contribution >= 0.6 is 0 Å². The van der Waals surface area contributed by atoms with E-state index in [1.165, 1.54) is 25.3 Å². The summed E-state index contributed by atoms with van der Waals surface area (Å²) < 4.78 is 14.0. The van der Waals surface area contributed by atoms with Gasteiger partial charge in [-0.15, -0.1) is 0 Å². The van der Waals surface area contributed by atoms with Crippen molar-refractivity contribution in [3.8, 4) is 0 Å². The summed E-state index contributed by atoms with van der Waals surface area (Å²) in [5, 5.41) is 0. The lowest BCUT2D eigenvalue weighted by molar-refractivity contribution is -0.137. The van der Waals surface area contributed by atoms with Crippen LogP contribution in [0.4, 0.5) is 10.1 Å². The molecule has 26 heavy (non-hydrogen) atoms. The highest BCUT2D eigenvalue weighted by Crippen LogP contribution is 2.29. The molecule has 3 aliphatic rings. The van der Waals surface area contributed by atoms with Gasteiger partial charge in [0.25, 0.3) is 0 Å². The number of halogens is 1. The lowest BCUT2D eigenvalue weighted by atomic mass is 9.99. The fourth-order valence-corrected chi connectivity index (χ4v) is 4.92. The number of likely N-dealkylation sites (tertiary alicyclic amines) is 1. The normalized spacial score (nSPS) is 25.7. The molecule has 0 spiro atoms. The van der Waals surface area contributed by atoms with Crippen LogP contribution in [0.15, 0.2) is 24.3 Å². The van der Waals surface area contributed by atoms with Crippen LogP contribution in [0, 0.1) is 11.7 Å². The van der Waals surface area contributed by atoms with Crippen molar-refractivity contribution >= 4 is 11.6 Å². The first-order valence-corrected chi connectivity index (χ1v) is 10.2. The fraction of sp³-hybridized carbons (Fsp3) is 0.667. The first-order valence-electron chi connectivity index (χ1n) is 10.2. The van der Waals surface area contributed by atoms with Gasteiger partial charge in [-0.25, -0.2) is 4.39 Å². The maximum absolute atomic E-state index is 14.0. The van der Waals surface area contributed by atoms with Gasteiger partial charge in [-0.05, 0) is 37.8 Å². The summed E-state index contributed by atoms with van der Waals surface area (Å²) in [6.45, 7) is 5.42. The zero-order valence-electron chi connectivity index (χ0n) is 15.6. The summed E-state index contributed by atoms with van der Waals surface area (Å²) in [6, 6.07) is 7.52. The second kappa shape index (κ2) is 7.95. The molecule has 5 heteroatoms. The minimum absolute atomic E-state index is 0.132. The van der Waals surface area contributed by atoms with Crippen molar-refractivity contribution < 1.29 is 9.18 Å². The van der Waals surface area contributed by atoms with Gasteiger partial charge in [0, 0.05) is 51.2 Å². The van der Waals surface area contributed by atoms with Crippen LogP contribution in [-0.2, 0) is 4.79 Å². The predicted octanol–water partition coefficient (Wildman–Crippen LogP) is 3.13. The average molecular weight is 359 g/mol. The summed E-state index contributed by atoms with van der Waals surface area (Å²) in [6.07, 6.45) is 6.88. The molecule has 1 aromatic rings. The van der Waals surface area contributed by atoms with Crippen LogP contribution < -0.4 is 4.90 Å². The smallest absolute Gasteiger partial charge is 0.225 e. The Morgan fingerprint density at radius 1 is 0.923 bits per heavy atom. The highest BCUT2D eigenvalue weighted by molar-refractivity contribution is 5.79. The number of rotatable bonds is 3. The van der Waals surface area contributed by atoms with Crippen LogP contribution in [0.1, 0.15) is 38.5 Å². The van der Waals surface area contributed by atoms with Gasteiger partial charge in [0.05, 0.1) is 5.69 Å². The number of carbonyl (C=O) groups is 1. The van der Waals surface area contributed by atoms with Crippen molar-refractivity contribution in [2.45, 2.75) is 44.6 Å². The molecule has 1 aromatic carbocycles. The van der Waals surface area contributed by atoms with Crippen molar-refractivity contribution in [2.75, 3.05) is 44.2 Å². The molecule has 142 valence electrons. The maximum atomic E-state index is 14.0. The zero-order chi connectivity index (χ0) is 17.9. The zero-order valence-corrected chi connectivity index (χ0v) is 15.6. The summed E-state index contributed by atoms with van der Waals surface area (Å²) in [7, 11) is 0. The van der Waals surface area contributed by atoms with E-state index in [1.807, 2.05) is 12.1 Å². The van der Waals surface area contributed by atoms with E-state index in [-0.39, 0.29) is 11.7 Å². The number of anilines is 1. The minimum atomic E-state index is -0.132. The molecule has 0 bridgehead atoms. The topological polar surface area (TPSA) is 26.8 Å². The molecule has 3 fully saturated rings. The van der Waals surface area contributed by atoms with Gasteiger partial charge < -0.3 is 9.80 Å². The van der Waals surface area contributed by atoms with E-state index in [0.29, 0.717) is 17.6 Å². The molecule has 0 unspecified atom stereocenters. The minimum Gasteiger partial charge on any atom is -0.367 e. The van der Waals surface area contributed by atoms with Crippen LogP contribution in [-0.4, -0.2) is 61.0 Å². The van der Waals surface area contributed by atoms with E-state index in [2.05, 4.69) is 14.7 Å². The third kappa shape index (κ3) is 3.73. The average Bonchev–Trinajstić information content (AvgIpc) is 3.23. The van der Waals surface area contributed by atoms with Crippen molar-refractivity contribution in [1.82, 2.24) is 9.80 Å². The van der Waals surface area contributed by atoms with Gasteiger partial charge in [-0.1, -0.05) is 25.0 Å². The predicted molar refractivity (Wildman–Crippen MR) is 102 cm³/mol. The molecular weight excluding hydrogens is 329 g/mol. The SMILES string of the molecule is O=C(C1CCCC1)N1CCC[C@H](N2CCN(c3ccccc3F)CC2)C1. The fourth-order valence-electron chi connectivity index (χ4n) is 4.92. The number of piperidine rings is 1. The molecule has 1 atom stereocenters. The van der Waals surface area contributed by atoms with Gasteiger partial charge in [-0.3, -0.25) is 9.69 Å². The molecule has 0 N–H and O–H groups in total. The van der Waals surface area contributed by atoms with Gasteiger partial charge >= 0.3 is 0 Å². The molecule has 4 rings (SSSR count). The molecule has 2 heterocycles. The Morgan fingerprint density at radius 3 is 2.38 bits per heavy atom.